The van der Waals surface area contributed by atoms with Crippen LogP contribution in [0.25, 0.3) is 0 Å². The van der Waals surface area contributed by atoms with Crippen molar-refractivity contribution in [2.45, 2.75) is 38.4 Å². The van der Waals surface area contributed by atoms with Crippen molar-refractivity contribution >= 4 is 21.8 Å². The van der Waals surface area contributed by atoms with E-state index < -0.39 is 28.7 Å². The molecule has 0 aromatic heterocycles. The monoisotopic (exact) mass is 367 g/mol. The van der Waals surface area contributed by atoms with Crippen molar-refractivity contribution in [3.05, 3.63) is 33.8 Å². The summed E-state index contributed by atoms with van der Waals surface area (Å²) in [4.78, 5) is 12.2. The molecule has 0 aliphatic carbocycles. The van der Waals surface area contributed by atoms with E-state index in [1.165, 1.54) is 6.07 Å². The van der Waals surface area contributed by atoms with Gasteiger partial charge in [0.2, 0.25) is 0 Å². The molecule has 0 heterocycles. The summed E-state index contributed by atoms with van der Waals surface area (Å²) < 4.78 is 39.3. The van der Waals surface area contributed by atoms with Gasteiger partial charge in [-0.15, -0.1) is 0 Å². The van der Waals surface area contributed by atoms with Gasteiger partial charge in [0.05, 0.1) is 11.1 Å². The van der Waals surface area contributed by atoms with E-state index in [4.69, 9.17) is 5.11 Å². The highest BCUT2D eigenvalue weighted by Gasteiger charge is 2.36. The molecule has 0 radical (unpaired) electrons. The molecule has 1 aromatic rings. The normalized spacial score (nSPS) is 14.6. The molecule has 0 saturated heterocycles. The minimum atomic E-state index is -4.62. The second-order valence-electron chi connectivity index (χ2n) is 5.03. The van der Waals surface area contributed by atoms with Crippen LogP contribution in [0.2, 0.25) is 0 Å². The third-order valence-corrected chi connectivity index (χ3v) is 3.88. The van der Waals surface area contributed by atoms with E-state index in [1.807, 2.05) is 0 Å². The Hall–Kier alpha value is -1.08. The van der Waals surface area contributed by atoms with Crippen molar-refractivity contribution in [2.24, 2.45) is 0 Å². The molecule has 21 heavy (non-hydrogen) atoms. The number of benzene rings is 1. The molecule has 0 aliphatic heterocycles. The molecule has 0 aliphatic rings. The summed E-state index contributed by atoms with van der Waals surface area (Å²) in [7, 11) is 0. The minimum absolute atomic E-state index is 0.156. The van der Waals surface area contributed by atoms with Gasteiger partial charge in [0.25, 0.3) is 5.91 Å². The summed E-state index contributed by atoms with van der Waals surface area (Å²) in [5, 5.41) is 11.6. The topological polar surface area (TPSA) is 49.3 Å². The molecule has 0 saturated carbocycles. The lowest BCUT2D eigenvalue weighted by Crippen LogP contribution is -2.46. The van der Waals surface area contributed by atoms with Crippen LogP contribution in [0.1, 0.15) is 42.6 Å². The number of alkyl halides is 3. The van der Waals surface area contributed by atoms with Crippen LogP contribution >= 0.6 is 15.9 Å². The van der Waals surface area contributed by atoms with Crippen LogP contribution in [0.3, 0.4) is 0 Å². The van der Waals surface area contributed by atoms with Crippen LogP contribution in [-0.4, -0.2) is 23.2 Å². The smallest absolute Gasteiger partial charge is 0.396 e. The number of amides is 1. The number of carbonyl (C=O) groups is 1. The van der Waals surface area contributed by atoms with Gasteiger partial charge < -0.3 is 10.4 Å². The fraction of sp³-hybridized carbons (Fsp3) is 0.500. The maximum atomic E-state index is 13.0. The zero-order chi connectivity index (χ0) is 16.3. The van der Waals surface area contributed by atoms with Crippen LogP contribution in [0.15, 0.2) is 22.7 Å². The molecule has 1 rings (SSSR count). The summed E-state index contributed by atoms with van der Waals surface area (Å²) in [6.07, 6.45) is -3.85. The number of carbonyl (C=O) groups excluding carboxylic acids is 1. The van der Waals surface area contributed by atoms with Gasteiger partial charge in [0.15, 0.2) is 0 Å². The van der Waals surface area contributed by atoms with Crippen molar-refractivity contribution < 1.29 is 23.1 Å². The Bertz CT molecular complexity index is 519. The first-order valence-electron chi connectivity index (χ1n) is 6.43. The van der Waals surface area contributed by atoms with E-state index >= 15 is 0 Å². The Balaban J connectivity index is 3.13. The fourth-order valence-corrected chi connectivity index (χ4v) is 2.23. The van der Waals surface area contributed by atoms with E-state index in [9.17, 15) is 18.0 Å². The van der Waals surface area contributed by atoms with E-state index in [-0.39, 0.29) is 17.5 Å². The standard InChI is InChI=1S/C14H17BrF3NO2/c1-3-13(2,6-7-20)19-12(21)10-5-4-9(15)8-11(10)14(16,17)18/h4-5,8,20H,3,6-7H2,1-2H3,(H,19,21). The van der Waals surface area contributed by atoms with E-state index in [0.717, 1.165) is 12.1 Å². The van der Waals surface area contributed by atoms with Crippen LogP contribution < -0.4 is 5.32 Å². The Morgan fingerprint density at radius 2 is 2.00 bits per heavy atom. The quantitative estimate of drug-likeness (QED) is 0.832. The highest BCUT2D eigenvalue weighted by atomic mass is 79.9. The molecule has 0 bridgehead atoms. The Morgan fingerprint density at radius 3 is 2.48 bits per heavy atom. The van der Waals surface area contributed by atoms with Gasteiger partial charge in [0.1, 0.15) is 0 Å². The average Bonchev–Trinajstić information content (AvgIpc) is 2.37. The lowest BCUT2D eigenvalue weighted by molar-refractivity contribution is -0.138. The predicted molar refractivity (Wildman–Crippen MR) is 77.0 cm³/mol. The Labute approximate surface area is 129 Å². The van der Waals surface area contributed by atoms with Crippen molar-refractivity contribution in [1.82, 2.24) is 5.32 Å². The highest BCUT2D eigenvalue weighted by molar-refractivity contribution is 9.10. The first-order chi connectivity index (χ1) is 9.63. The molecule has 1 amide bonds. The number of nitrogens with one attached hydrogen (secondary N) is 1. The molecule has 118 valence electrons. The summed E-state index contributed by atoms with van der Waals surface area (Å²) in [5.74, 6) is -0.798. The molecule has 7 heteroatoms. The SMILES string of the molecule is CCC(C)(CCO)NC(=O)c1ccc(Br)cc1C(F)(F)F. The molecule has 1 unspecified atom stereocenters. The number of halogens is 4. The molecule has 2 N–H and O–H groups in total. The lowest BCUT2D eigenvalue weighted by atomic mass is 9.94. The largest absolute Gasteiger partial charge is 0.417 e. The lowest BCUT2D eigenvalue weighted by Gasteiger charge is -2.29. The molecule has 0 fully saturated rings. The molecular weight excluding hydrogens is 351 g/mol. The first-order valence-corrected chi connectivity index (χ1v) is 7.22. The second kappa shape index (κ2) is 6.79. The second-order valence-corrected chi connectivity index (χ2v) is 5.95. The summed E-state index contributed by atoms with van der Waals surface area (Å²) in [6, 6.07) is 3.40. The van der Waals surface area contributed by atoms with Crippen molar-refractivity contribution in [1.29, 1.82) is 0 Å². The number of aliphatic hydroxyl groups is 1. The maximum absolute atomic E-state index is 13.0. The van der Waals surface area contributed by atoms with Crippen LogP contribution in [0.5, 0.6) is 0 Å². The zero-order valence-corrected chi connectivity index (χ0v) is 13.3. The van der Waals surface area contributed by atoms with E-state index in [0.29, 0.717) is 6.42 Å². The van der Waals surface area contributed by atoms with Gasteiger partial charge in [-0.25, -0.2) is 0 Å². The summed E-state index contributed by atoms with van der Waals surface area (Å²) in [6.45, 7) is 3.33. The molecule has 3 nitrogen and oxygen atoms in total. The average molecular weight is 368 g/mol. The zero-order valence-electron chi connectivity index (χ0n) is 11.7. The first kappa shape index (κ1) is 18.0. The Morgan fingerprint density at radius 1 is 1.38 bits per heavy atom. The number of hydrogen-bond donors (Lipinski definition) is 2. The van der Waals surface area contributed by atoms with Crippen molar-refractivity contribution in [2.75, 3.05) is 6.61 Å². The van der Waals surface area contributed by atoms with Crippen LogP contribution in [-0.2, 0) is 6.18 Å². The highest BCUT2D eigenvalue weighted by Crippen LogP contribution is 2.34. The number of hydrogen-bond acceptors (Lipinski definition) is 2. The van der Waals surface area contributed by atoms with Gasteiger partial charge in [0, 0.05) is 16.6 Å². The molecule has 1 atom stereocenters. The Kier molecular flexibility index (Phi) is 5.81. The third-order valence-electron chi connectivity index (χ3n) is 3.39. The van der Waals surface area contributed by atoms with Crippen LogP contribution in [0, 0.1) is 0 Å². The van der Waals surface area contributed by atoms with Crippen LogP contribution in [0.4, 0.5) is 13.2 Å². The maximum Gasteiger partial charge on any atom is 0.417 e. The third kappa shape index (κ3) is 4.71. The van der Waals surface area contributed by atoms with E-state index in [1.54, 1.807) is 13.8 Å². The fourth-order valence-electron chi connectivity index (χ4n) is 1.86. The van der Waals surface area contributed by atoms with Crippen molar-refractivity contribution in [3.8, 4) is 0 Å². The minimum Gasteiger partial charge on any atom is -0.396 e. The summed E-state index contributed by atoms with van der Waals surface area (Å²) in [5.41, 5.74) is -2.16. The summed E-state index contributed by atoms with van der Waals surface area (Å²) >= 11 is 2.97. The molecular formula is C14H17BrF3NO2. The molecule has 1 aromatic carbocycles. The van der Waals surface area contributed by atoms with Gasteiger partial charge in [-0.3, -0.25) is 4.79 Å². The van der Waals surface area contributed by atoms with Gasteiger partial charge in [-0.2, -0.15) is 13.2 Å². The van der Waals surface area contributed by atoms with Gasteiger partial charge in [-0.05, 0) is 38.0 Å². The van der Waals surface area contributed by atoms with Crippen molar-refractivity contribution in [3.63, 3.8) is 0 Å². The predicted octanol–water partition coefficient (Wildman–Crippen LogP) is 3.75. The molecule has 0 spiro atoms. The van der Waals surface area contributed by atoms with Gasteiger partial charge in [-0.1, -0.05) is 22.9 Å². The number of aliphatic hydroxyl groups excluding tert-OH is 1. The van der Waals surface area contributed by atoms with Gasteiger partial charge >= 0.3 is 6.18 Å². The van der Waals surface area contributed by atoms with E-state index in [2.05, 4.69) is 21.2 Å². The number of rotatable bonds is 5.